The van der Waals surface area contributed by atoms with Crippen LogP contribution >= 0.6 is 11.3 Å². The van der Waals surface area contributed by atoms with Crippen LogP contribution in [0, 0.1) is 11.8 Å². The number of ether oxygens (including phenoxy) is 1. The first-order valence-electron chi connectivity index (χ1n) is 5.89. The highest BCUT2D eigenvalue weighted by Crippen LogP contribution is 2.21. The van der Waals surface area contributed by atoms with Gasteiger partial charge in [-0.1, -0.05) is 24.0 Å². The fraction of sp³-hybridized carbons (Fsp3) is 0.133. The topological polar surface area (TPSA) is 72.6 Å². The van der Waals surface area contributed by atoms with Gasteiger partial charge in [-0.3, -0.25) is 4.79 Å². The molecule has 0 bridgehead atoms. The highest BCUT2D eigenvalue weighted by atomic mass is 32.1. The first kappa shape index (κ1) is 14.1. The quantitative estimate of drug-likeness (QED) is 0.842. The van der Waals surface area contributed by atoms with Crippen molar-refractivity contribution in [1.82, 2.24) is 0 Å². The molecule has 0 aliphatic carbocycles. The molecule has 0 unspecified atom stereocenters. The van der Waals surface area contributed by atoms with E-state index in [0.29, 0.717) is 17.9 Å². The van der Waals surface area contributed by atoms with Crippen LogP contribution in [0.15, 0.2) is 35.7 Å². The lowest BCUT2D eigenvalue weighted by Gasteiger charge is -2.07. The highest BCUT2D eigenvalue weighted by molar-refractivity contribution is 7.10. The Labute approximate surface area is 120 Å². The number of hydrogen-bond acceptors (Lipinski definition) is 4. The van der Waals surface area contributed by atoms with Crippen molar-refractivity contribution in [2.75, 3.05) is 6.61 Å². The molecule has 0 aliphatic heterocycles. The molecule has 5 heteroatoms. The van der Waals surface area contributed by atoms with Crippen LogP contribution in [0.25, 0.3) is 0 Å². The summed E-state index contributed by atoms with van der Waals surface area (Å²) in [5, 5.41) is 10.5. The number of aliphatic hydroxyl groups is 1. The predicted molar refractivity (Wildman–Crippen MR) is 77.6 cm³/mol. The maximum Gasteiger partial charge on any atom is 0.252 e. The third-order valence-electron chi connectivity index (χ3n) is 2.49. The third-order valence-corrected chi connectivity index (χ3v) is 3.40. The summed E-state index contributed by atoms with van der Waals surface area (Å²) >= 11 is 1.51. The van der Waals surface area contributed by atoms with E-state index in [1.165, 1.54) is 11.3 Å². The molecule has 0 saturated carbocycles. The second-order valence-electron chi connectivity index (χ2n) is 3.91. The standard InChI is InChI=1S/C15H13NO3S/c16-15(18)13-5-1-2-6-14(13)19-9-12-8-11(10-20-12)4-3-7-17/h1-2,5-6,8,10,17H,7,9H2,(H2,16,18). The molecular formula is C15H13NO3S. The predicted octanol–water partition coefficient (Wildman–Crippen LogP) is 1.77. The average Bonchev–Trinajstić information content (AvgIpc) is 2.91. The summed E-state index contributed by atoms with van der Waals surface area (Å²) in [6.07, 6.45) is 0. The first-order chi connectivity index (χ1) is 9.70. The third kappa shape index (κ3) is 3.60. The summed E-state index contributed by atoms with van der Waals surface area (Å²) in [5.74, 6) is 5.37. The Morgan fingerprint density at radius 1 is 1.40 bits per heavy atom. The monoisotopic (exact) mass is 287 g/mol. The van der Waals surface area contributed by atoms with Crippen LogP contribution in [0.5, 0.6) is 5.75 Å². The molecule has 2 rings (SSSR count). The molecule has 1 heterocycles. The molecule has 0 spiro atoms. The van der Waals surface area contributed by atoms with Crippen molar-refractivity contribution in [2.24, 2.45) is 5.73 Å². The second kappa shape index (κ2) is 6.75. The lowest BCUT2D eigenvalue weighted by Crippen LogP contribution is -2.12. The number of hydrogen-bond donors (Lipinski definition) is 2. The van der Waals surface area contributed by atoms with E-state index in [9.17, 15) is 4.79 Å². The summed E-state index contributed by atoms with van der Waals surface area (Å²) < 4.78 is 5.61. The minimum Gasteiger partial charge on any atom is -0.487 e. The fourth-order valence-corrected chi connectivity index (χ4v) is 2.34. The van der Waals surface area contributed by atoms with Crippen molar-refractivity contribution in [2.45, 2.75) is 6.61 Å². The Balaban J connectivity index is 2.05. The molecular weight excluding hydrogens is 274 g/mol. The van der Waals surface area contributed by atoms with Crippen molar-refractivity contribution >= 4 is 17.2 Å². The molecule has 0 aliphatic rings. The number of nitrogens with two attached hydrogens (primary N) is 1. The van der Waals surface area contributed by atoms with Gasteiger partial charge in [-0.15, -0.1) is 11.3 Å². The summed E-state index contributed by atoms with van der Waals surface area (Å²) in [6, 6.07) is 8.75. The van der Waals surface area contributed by atoms with Gasteiger partial charge < -0.3 is 15.6 Å². The SMILES string of the molecule is NC(=O)c1ccccc1OCc1cc(C#CCO)cs1. The second-order valence-corrected chi connectivity index (χ2v) is 4.91. The van der Waals surface area contributed by atoms with Crippen LogP contribution in [0.2, 0.25) is 0 Å². The molecule has 0 atom stereocenters. The number of aliphatic hydroxyl groups excluding tert-OH is 1. The van der Waals surface area contributed by atoms with E-state index in [2.05, 4.69) is 11.8 Å². The molecule has 102 valence electrons. The summed E-state index contributed by atoms with van der Waals surface area (Å²) in [6.45, 7) is 0.184. The molecule has 20 heavy (non-hydrogen) atoms. The first-order valence-corrected chi connectivity index (χ1v) is 6.77. The van der Waals surface area contributed by atoms with Gasteiger partial charge in [0, 0.05) is 15.8 Å². The van der Waals surface area contributed by atoms with Gasteiger partial charge in [-0.25, -0.2) is 0 Å². The summed E-state index contributed by atoms with van der Waals surface area (Å²) in [7, 11) is 0. The summed E-state index contributed by atoms with van der Waals surface area (Å²) in [4.78, 5) is 12.2. The molecule has 3 N–H and O–H groups in total. The number of thiophene rings is 1. The van der Waals surface area contributed by atoms with E-state index in [1.807, 2.05) is 11.4 Å². The highest BCUT2D eigenvalue weighted by Gasteiger charge is 2.08. The number of amides is 1. The van der Waals surface area contributed by atoms with Gasteiger partial charge >= 0.3 is 0 Å². The molecule has 4 nitrogen and oxygen atoms in total. The van der Waals surface area contributed by atoms with E-state index < -0.39 is 5.91 Å². The van der Waals surface area contributed by atoms with Crippen LogP contribution in [-0.4, -0.2) is 17.6 Å². The van der Waals surface area contributed by atoms with Gasteiger partial charge in [0.2, 0.25) is 0 Å². The lowest BCUT2D eigenvalue weighted by molar-refractivity contribution is 0.0996. The van der Waals surface area contributed by atoms with Gasteiger partial charge in [0.15, 0.2) is 0 Å². The van der Waals surface area contributed by atoms with Crippen LogP contribution < -0.4 is 10.5 Å². The molecule has 2 aromatic rings. The van der Waals surface area contributed by atoms with E-state index >= 15 is 0 Å². The van der Waals surface area contributed by atoms with Crippen LogP contribution in [-0.2, 0) is 6.61 Å². The molecule has 0 saturated heterocycles. The van der Waals surface area contributed by atoms with Gasteiger partial charge in [-0.2, -0.15) is 0 Å². The number of carbonyl (C=O) groups is 1. The lowest BCUT2D eigenvalue weighted by atomic mass is 10.2. The van der Waals surface area contributed by atoms with Crippen molar-refractivity contribution in [3.63, 3.8) is 0 Å². The maximum absolute atomic E-state index is 11.3. The van der Waals surface area contributed by atoms with Crippen molar-refractivity contribution in [3.05, 3.63) is 51.7 Å². The Morgan fingerprint density at radius 3 is 2.95 bits per heavy atom. The number of primary amides is 1. The minimum absolute atomic E-state index is 0.159. The van der Waals surface area contributed by atoms with Crippen molar-refractivity contribution in [3.8, 4) is 17.6 Å². The Hall–Kier alpha value is -2.29. The van der Waals surface area contributed by atoms with Gasteiger partial charge in [-0.05, 0) is 18.2 Å². The molecule has 1 amide bonds. The Bertz CT molecular complexity index is 667. The van der Waals surface area contributed by atoms with E-state index in [-0.39, 0.29) is 6.61 Å². The Morgan fingerprint density at radius 2 is 2.20 bits per heavy atom. The number of benzene rings is 1. The zero-order valence-electron chi connectivity index (χ0n) is 10.6. The van der Waals surface area contributed by atoms with Gasteiger partial charge in [0.05, 0.1) is 5.56 Å². The minimum atomic E-state index is -0.513. The average molecular weight is 287 g/mol. The normalized spacial score (nSPS) is 9.65. The molecule has 1 aromatic heterocycles. The van der Waals surface area contributed by atoms with Crippen molar-refractivity contribution < 1.29 is 14.6 Å². The van der Waals surface area contributed by atoms with Crippen LogP contribution in [0.3, 0.4) is 0 Å². The van der Waals surface area contributed by atoms with E-state index in [1.54, 1.807) is 24.3 Å². The maximum atomic E-state index is 11.3. The molecule has 1 aromatic carbocycles. The van der Waals surface area contributed by atoms with E-state index in [4.69, 9.17) is 15.6 Å². The van der Waals surface area contributed by atoms with Crippen LogP contribution in [0.1, 0.15) is 20.8 Å². The zero-order chi connectivity index (χ0) is 14.4. The largest absolute Gasteiger partial charge is 0.487 e. The van der Waals surface area contributed by atoms with E-state index in [0.717, 1.165) is 10.4 Å². The Kier molecular flexibility index (Phi) is 4.77. The molecule has 0 radical (unpaired) electrons. The van der Waals surface area contributed by atoms with Crippen LogP contribution in [0.4, 0.5) is 0 Å². The number of rotatable bonds is 4. The number of para-hydroxylation sites is 1. The molecule has 0 fully saturated rings. The van der Waals surface area contributed by atoms with Gasteiger partial charge in [0.25, 0.3) is 5.91 Å². The van der Waals surface area contributed by atoms with Crippen molar-refractivity contribution in [1.29, 1.82) is 0 Å². The smallest absolute Gasteiger partial charge is 0.252 e. The zero-order valence-corrected chi connectivity index (χ0v) is 11.4. The van der Waals surface area contributed by atoms with Gasteiger partial charge in [0.1, 0.15) is 19.0 Å². The summed E-state index contributed by atoms with van der Waals surface area (Å²) in [5.41, 5.74) is 6.49. The number of carbonyl (C=O) groups excluding carboxylic acids is 1. The fourth-order valence-electron chi connectivity index (χ4n) is 1.61.